The number of esters is 1. The predicted octanol–water partition coefficient (Wildman–Crippen LogP) is 2.53. The van der Waals surface area contributed by atoms with Crippen molar-refractivity contribution in [2.75, 3.05) is 18.9 Å². The highest BCUT2D eigenvalue weighted by Crippen LogP contribution is 2.47. The molecule has 1 saturated heterocycles. The van der Waals surface area contributed by atoms with E-state index in [0.29, 0.717) is 0 Å². The van der Waals surface area contributed by atoms with Gasteiger partial charge in [-0.1, -0.05) is 37.2 Å². The molecule has 4 N–H and O–H groups in total. The first kappa shape index (κ1) is 30.1. The van der Waals surface area contributed by atoms with Gasteiger partial charge in [0.05, 0.1) is 19.3 Å². The second kappa shape index (κ2) is 12.6. The first-order valence-corrected chi connectivity index (χ1v) is 13.6. The number of nitrogens with one attached hydrogen (secondary N) is 1. The molecule has 15 nitrogen and oxygen atoms in total. The second-order valence-corrected chi connectivity index (χ2v) is 11.2. The van der Waals surface area contributed by atoms with Crippen LogP contribution < -0.4 is 21.0 Å². The first-order valence-electron chi connectivity index (χ1n) is 12.1. The monoisotopic (exact) mass is 565 g/mol. The number of carbonyl (C=O) groups is 1. The lowest BCUT2D eigenvalue weighted by Crippen LogP contribution is -2.45. The number of nitrogen functional groups attached to an aromatic ring is 1. The Bertz CT molecular complexity index is 1300. The quantitative estimate of drug-likeness (QED) is 0.112. The summed E-state index contributed by atoms with van der Waals surface area (Å²) in [6, 6.07) is 8.35. The van der Waals surface area contributed by atoms with Gasteiger partial charge < -0.3 is 24.8 Å². The van der Waals surface area contributed by atoms with Crippen molar-refractivity contribution < 1.29 is 33.0 Å². The molecule has 0 bridgehead atoms. The van der Waals surface area contributed by atoms with Gasteiger partial charge in [-0.05, 0) is 43.5 Å². The first-order chi connectivity index (χ1) is 18.4. The van der Waals surface area contributed by atoms with Gasteiger partial charge in [-0.25, -0.2) is 9.36 Å². The third-order valence-electron chi connectivity index (χ3n) is 5.76. The maximum atomic E-state index is 13.8. The molecule has 1 aromatic heterocycles. The van der Waals surface area contributed by atoms with E-state index in [9.17, 15) is 19.3 Å². The molecule has 0 spiro atoms. The van der Waals surface area contributed by atoms with Gasteiger partial charge in [-0.3, -0.25) is 13.9 Å². The SMILES string of the molecule is CC(C)COC(=O)[C@H](C)NP(=O)(OC[C@H]1OC(n2ccc(N)nc2=O)[C@](C)(N=[N+]=[N-])[C@@H]1O)Oc1ccccc1. The minimum Gasteiger partial charge on any atom is -0.464 e. The van der Waals surface area contributed by atoms with Gasteiger partial charge in [0.1, 0.15) is 29.3 Å². The number of hydrogen-bond acceptors (Lipinski definition) is 11. The van der Waals surface area contributed by atoms with Crippen molar-refractivity contribution in [1.29, 1.82) is 0 Å². The Hall–Kier alpha value is -3.45. The summed E-state index contributed by atoms with van der Waals surface area (Å²) in [5.74, 6) is -0.438. The summed E-state index contributed by atoms with van der Waals surface area (Å²) in [6.45, 7) is 6.18. The summed E-state index contributed by atoms with van der Waals surface area (Å²) in [4.78, 5) is 31.3. The lowest BCUT2D eigenvalue weighted by atomic mass is 9.93. The molecule has 0 radical (unpaired) electrons. The van der Waals surface area contributed by atoms with Crippen LogP contribution in [-0.2, 0) is 23.4 Å². The van der Waals surface area contributed by atoms with Gasteiger partial charge in [0, 0.05) is 11.1 Å². The van der Waals surface area contributed by atoms with Crippen LogP contribution in [0.15, 0.2) is 52.5 Å². The van der Waals surface area contributed by atoms with E-state index in [1.165, 1.54) is 38.2 Å². The molecule has 2 heterocycles. The van der Waals surface area contributed by atoms with E-state index in [4.69, 9.17) is 29.8 Å². The number of rotatable bonds is 12. The molecule has 3 rings (SSSR count). The van der Waals surface area contributed by atoms with Gasteiger partial charge in [-0.15, -0.1) is 0 Å². The number of nitrogens with zero attached hydrogens (tertiary/aromatic N) is 5. The van der Waals surface area contributed by atoms with Crippen LogP contribution in [0, 0.1) is 5.92 Å². The molecular formula is C23H32N7O8P. The van der Waals surface area contributed by atoms with E-state index in [2.05, 4.69) is 20.1 Å². The van der Waals surface area contributed by atoms with Crippen LogP contribution in [0.5, 0.6) is 5.75 Å². The summed E-state index contributed by atoms with van der Waals surface area (Å²) >= 11 is 0. The minimum absolute atomic E-state index is 0.0359. The number of hydrogen-bond donors (Lipinski definition) is 3. The van der Waals surface area contributed by atoms with Crippen molar-refractivity contribution in [2.45, 2.75) is 57.7 Å². The molecule has 1 aromatic carbocycles. The molecule has 0 aliphatic carbocycles. The van der Waals surface area contributed by atoms with Crippen molar-refractivity contribution >= 4 is 19.5 Å². The zero-order valence-corrected chi connectivity index (χ0v) is 22.8. The van der Waals surface area contributed by atoms with Crippen LogP contribution in [0.3, 0.4) is 0 Å². The van der Waals surface area contributed by atoms with E-state index in [1.54, 1.807) is 18.2 Å². The standard InChI is InChI=1S/C23H32N7O8P/c1-14(2)12-35-20(32)15(3)27-39(34,38-16-8-6-5-7-9-16)36-13-17-19(31)23(4,28-29-25)21(37-17)30-11-10-18(24)26-22(30)33/h5-11,14-15,17,19,21,31H,12-13H2,1-4H3,(H,27,34)(H2,24,26,33)/t15-,17+,19+,21?,23+,39?/m0/s1. The lowest BCUT2D eigenvalue weighted by molar-refractivity contribution is -0.146. The number of anilines is 1. The summed E-state index contributed by atoms with van der Waals surface area (Å²) in [7, 11) is -4.29. The Kier molecular flexibility index (Phi) is 9.73. The minimum atomic E-state index is -4.29. The van der Waals surface area contributed by atoms with E-state index in [-0.39, 0.29) is 24.1 Å². The number of nitrogens with two attached hydrogens (primary N) is 1. The molecule has 0 amide bonds. The number of carbonyl (C=O) groups excluding carboxylic acids is 1. The largest absolute Gasteiger partial charge is 0.464 e. The van der Waals surface area contributed by atoms with Crippen LogP contribution in [0.4, 0.5) is 5.82 Å². The maximum absolute atomic E-state index is 13.8. The number of aliphatic hydroxyl groups is 1. The van der Waals surface area contributed by atoms with Gasteiger partial charge in [-0.2, -0.15) is 10.1 Å². The molecule has 39 heavy (non-hydrogen) atoms. The van der Waals surface area contributed by atoms with E-state index in [0.717, 1.165) is 4.57 Å². The summed E-state index contributed by atoms with van der Waals surface area (Å²) in [5.41, 5.74) is 12.2. The zero-order valence-electron chi connectivity index (χ0n) is 21.9. The van der Waals surface area contributed by atoms with Crippen molar-refractivity contribution in [3.63, 3.8) is 0 Å². The fourth-order valence-corrected chi connectivity index (χ4v) is 5.23. The molecule has 2 unspecified atom stereocenters. The van der Waals surface area contributed by atoms with Crippen LogP contribution in [0.1, 0.15) is 33.9 Å². The Morgan fingerprint density at radius 3 is 2.67 bits per heavy atom. The van der Waals surface area contributed by atoms with Gasteiger partial charge in [0.15, 0.2) is 6.23 Å². The van der Waals surface area contributed by atoms with E-state index >= 15 is 0 Å². The predicted molar refractivity (Wildman–Crippen MR) is 139 cm³/mol. The van der Waals surface area contributed by atoms with Crippen molar-refractivity contribution in [3.8, 4) is 5.75 Å². The highest BCUT2D eigenvalue weighted by molar-refractivity contribution is 7.52. The fourth-order valence-electron chi connectivity index (χ4n) is 3.73. The van der Waals surface area contributed by atoms with E-state index in [1.807, 2.05) is 13.8 Å². The third kappa shape index (κ3) is 7.35. The zero-order chi connectivity index (χ0) is 28.8. The van der Waals surface area contributed by atoms with Gasteiger partial charge in [0.25, 0.3) is 0 Å². The van der Waals surface area contributed by atoms with Crippen molar-refractivity contribution in [2.24, 2.45) is 11.0 Å². The molecule has 6 atom stereocenters. The Balaban J connectivity index is 1.84. The Labute approximate surface area is 224 Å². The molecule has 1 aliphatic heterocycles. The average molecular weight is 566 g/mol. The van der Waals surface area contributed by atoms with Crippen molar-refractivity contribution in [1.82, 2.24) is 14.6 Å². The summed E-state index contributed by atoms with van der Waals surface area (Å²) < 4.78 is 37.1. The lowest BCUT2D eigenvalue weighted by Gasteiger charge is -2.28. The molecule has 0 saturated carbocycles. The van der Waals surface area contributed by atoms with E-state index < -0.39 is 56.0 Å². The normalized spacial score (nSPS) is 24.9. The van der Waals surface area contributed by atoms with Gasteiger partial charge >= 0.3 is 19.4 Å². The Morgan fingerprint density at radius 2 is 2.05 bits per heavy atom. The summed E-state index contributed by atoms with van der Waals surface area (Å²) in [6.07, 6.45) is -2.77. The topological polar surface area (TPSA) is 213 Å². The summed E-state index contributed by atoms with van der Waals surface area (Å²) in [5, 5.41) is 17.3. The van der Waals surface area contributed by atoms with Crippen molar-refractivity contribution in [3.05, 3.63) is 63.5 Å². The molecule has 16 heteroatoms. The second-order valence-electron chi connectivity index (χ2n) is 9.50. The number of azide groups is 1. The van der Waals surface area contributed by atoms with Crippen LogP contribution in [-0.4, -0.2) is 57.6 Å². The highest BCUT2D eigenvalue weighted by Gasteiger charge is 2.55. The average Bonchev–Trinajstić information content (AvgIpc) is 3.11. The van der Waals surface area contributed by atoms with Crippen LogP contribution in [0.25, 0.3) is 10.4 Å². The number of aliphatic hydroxyl groups excluding tert-OH is 1. The molecule has 212 valence electrons. The number of benzene rings is 1. The highest BCUT2D eigenvalue weighted by atomic mass is 31.2. The third-order valence-corrected chi connectivity index (χ3v) is 7.40. The number of ether oxygens (including phenoxy) is 2. The maximum Gasteiger partial charge on any atom is 0.459 e. The van der Waals surface area contributed by atoms with Crippen LogP contribution in [0.2, 0.25) is 0 Å². The fraction of sp³-hybridized carbons (Fsp3) is 0.522. The molecule has 1 fully saturated rings. The smallest absolute Gasteiger partial charge is 0.459 e. The van der Waals surface area contributed by atoms with Crippen LogP contribution >= 0.6 is 7.75 Å². The van der Waals surface area contributed by atoms with Gasteiger partial charge in [0.2, 0.25) is 0 Å². The Morgan fingerprint density at radius 1 is 1.36 bits per heavy atom. The number of aromatic nitrogens is 2. The molecule has 1 aliphatic rings. The molecule has 2 aromatic rings. The number of para-hydroxylation sites is 1. The molecular weight excluding hydrogens is 533 g/mol.